The van der Waals surface area contributed by atoms with Crippen LogP contribution in [0, 0.1) is 0 Å². The third-order valence-corrected chi connectivity index (χ3v) is 6.35. The molecule has 0 spiro atoms. The van der Waals surface area contributed by atoms with E-state index in [1.807, 2.05) is 24.3 Å². The van der Waals surface area contributed by atoms with Crippen molar-refractivity contribution >= 4 is 22.1 Å². The van der Waals surface area contributed by atoms with Gasteiger partial charge >= 0.3 is 11.9 Å². The second-order valence-corrected chi connectivity index (χ2v) is 8.38. The molecule has 154 valence electrons. The molecule has 1 N–H and O–H groups in total. The maximum Gasteiger partial charge on any atom is 0.305 e. The fourth-order valence-electron chi connectivity index (χ4n) is 4.10. The summed E-state index contributed by atoms with van der Waals surface area (Å²) in [6, 6.07) is 11.9. The summed E-state index contributed by atoms with van der Waals surface area (Å²) in [5.41, 5.74) is 2.48. The summed E-state index contributed by atoms with van der Waals surface area (Å²) in [6.45, 7) is 0. The molecule has 0 saturated heterocycles. The molecule has 1 aliphatic carbocycles. The van der Waals surface area contributed by atoms with Crippen LogP contribution < -0.4 is 0 Å². The number of hydrogen-bond acceptors (Lipinski definition) is 6. The average Bonchev–Trinajstić information content (AvgIpc) is 2.99. The first-order valence-corrected chi connectivity index (χ1v) is 10.5. The maximum atomic E-state index is 11.9. The van der Waals surface area contributed by atoms with Gasteiger partial charge in [-0.1, -0.05) is 30.3 Å². The van der Waals surface area contributed by atoms with Crippen LogP contribution in [0.4, 0.5) is 0 Å². The minimum atomic E-state index is -4.37. The first kappa shape index (κ1) is 21.0. The van der Waals surface area contributed by atoms with Crippen molar-refractivity contribution in [2.45, 2.75) is 36.0 Å². The van der Waals surface area contributed by atoms with E-state index in [1.165, 1.54) is 26.4 Å². The molecule has 0 atom stereocenters. The molecule has 0 heterocycles. The summed E-state index contributed by atoms with van der Waals surface area (Å²) in [6.07, 6.45) is 1.02. The summed E-state index contributed by atoms with van der Waals surface area (Å²) in [4.78, 5) is 23.6. The van der Waals surface area contributed by atoms with Crippen molar-refractivity contribution in [1.82, 2.24) is 0 Å². The molecule has 0 saturated carbocycles. The summed E-state index contributed by atoms with van der Waals surface area (Å²) in [7, 11) is -1.74. The minimum Gasteiger partial charge on any atom is -0.469 e. The van der Waals surface area contributed by atoms with Crippen LogP contribution in [0.15, 0.2) is 47.4 Å². The smallest absolute Gasteiger partial charge is 0.305 e. The van der Waals surface area contributed by atoms with Crippen molar-refractivity contribution < 1.29 is 32.0 Å². The van der Waals surface area contributed by atoms with Gasteiger partial charge < -0.3 is 9.47 Å². The second kappa shape index (κ2) is 7.96. The van der Waals surface area contributed by atoms with Crippen LogP contribution in [0.1, 0.15) is 36.8 Å². The number of carbonyl (C=O) groups is 2. The number of rotatable bonds is 7. The quantitative estimate of drug-likeness (QED) is 0.544. The fourth-order valence-corrected chi connectivity index (χ4v) is 4.61. The van der Waals surface area contributed by atoms with Gasteiger partial charge in [0.05, 0.1) is 19.1 Å². The topological polar surface area (TPSA) is 107 Å². The maximum absolute atomic E-state index is 11.9. The van der Waals surface area contributed by atoms with Crippen LogP contribution in [0.5, 0.6) is 0 Å². The van der Waals surface area contributed by atoms with Crippen LogP contribution in [-0.4, -0.2) is 39.1 Å². The number of carbonyl (C=O) groups excluding carboxylic acids is 2. The lowest BCUT2D eigenvalue weighted by Gasteiger charge is -2.32. The van der Waals surface area contributed by atoms with Crippen LogP contribution in [-0.2, 0) is 34.6 Å². The fraction of sp³-hybridized carbons (Fsp3) is 0.333. The number of methoxy groups -OCH3 is 2. The van der Waals surface area contributed by atoms with Crippen molar-refractivity contribution in [3.63, 3.8) is 0 Å². The van der Waals surface area contributed by atoms with E-state index in [0.29, 0.717) is 18.4 Å². The number of esters is 2. The Labute approximate surface area is 169 Å². The Morgan fingerprint density at radius 2 is 1.45 bits per heavy atom. The molecule has 7 nitrogen and oxygen atoms in total. The standard InChI is InChI=1S/C21H22O7S/c1-27-19(22)9-11-21(12-10-20(23)28-2)17-6-4-3-5-15(17)16-13-14(29(24,25)26)7-8-18(16)21/h3-8,13H,9-12H2,1-2H3,(H,24,25,26). The van der Waals surface area contributed by atoms with Gasteiger partial charge in [-0.25, -0.2) is 0 Å². The molecule has 8 heteroatoms. The summed E-state index contributed by atoms with van der Waals surface area (Å²) >= 11 is 0. The van der Waals surface area contributed by atoms with Gasteiger partial charge in [0, 0.05) is 18.3 Å². The van der Waals surface area contributed by atoms with Crippen LogP contribution in [0.2, 0.25) is 0 Å². The molecule has 0 radical (unpaired) electrons. The molecular weight excluding hydrogens is 396 g/mol. The lowest BCUT2D eigenvalue weighted by atomic mass is 9.71. The van der Waals surface area contributed by atoms with E-state index in [2.05, 4.69) is 0 Å². The average molecular weight is 418 g/mol. The van der Waals surface area contributed by atoms with E-state index in [9.17, 15) is 22.6 Å². The van der Waals surface area contributed by atoms with Gasteiger partial charge in [0.15, 0.2) is 0 Å². The zero-order chi connectivity index (χ0) is 21.2. The Morgan fingerprint density at radius 1 is 0.897 bits per heavy atom. The predicted octanol–water partition coefficient (Wildman–Crippen LogP) is 3.11. The molecule has 0 unspecified atom stereocenters. The predicted molar refractivity (Wildman–Crippen MR) is 105 cm³/mol. The van der Waals surface area contributed by atoms with Gasteiger partial charge in [0.25, 0.3) is 10.1 Å². The molecule has 29 heavy (non-hydrogen) atoms. The highest BCUT2D eigenvalue weighted by Gasteiger charge is 2.43. The first-order valence-electron chi connectivity index (χ1n) is 9.08. The van der Waals surface area contributed by atoms with Crippen molar-refractivity contribution in [2.75, 3.05) is 14.2 Å². The van der Waals surface area contributed by atoms with Gasteiger partial charge in [-0.15, -0.1) is 0 Å². The largest absolute Gasteiger partial charge is 0.469 e. The Balaban J connectivity index is 2.19. The van der Waals surface area contributed by atoms with E-state index in [4.69, 9.17) is 9.47 Å². The lowest BCUT2D eigenvalue weighted by Crippen LogP contribution is -2.28. The van der Waals surface area contributed by atoms with Crippen LogP contribution in [0.3, 0.4) is 0 Å². The molecule has 2 aromatic rings. The molecule has 1 aliphatic rings. The van der Waals surface area contributed by atoms with Crippen molar-refractivity contribution in [2.24, 2.45) is 0 Å². The molecule has 0 aliphatic heterocycles. The third-order valence-electron chi connectivity index (χ3n) is 5.50. The molecular formula is C21H22O7S. The molecule has 2 aromatic carbocycles. The van der Waals surface area contributed by atoms with E-state index in [-0.39, 0.29) is 29.7 Å². The summed E-state index contributed by atoms with van der Waals surface area (Å²) in [5, 5.41) is 0. The van der Waals surface area contributed by atoms with Gasteiger partial charge in [-0.05, 0) is 47.2 Å². The number of benzene rings is 2. The monoisotopic (exact) mass is 418 g/mol. The Morgan fingerprint density at radius 3 is 2.00 bits per heavy atom. The van der Waals surface area contributed by atoms with E-state index >= 15 is 0 Å². The van der Waals surface area contributed by atoms with Gasteiger partial charge in [-0.3, -0.25) is 14.1 Å². The molecule has 0 aromatic heterocycles. The zero-order valence-electron chi connectivity index (χ0n) is 16.2. The van der Waals surface area contributed by atoms with Gasteiger partial charge in [0.2, 0.25) is 0 Å². The van der Waals surface area contributed by atoms with Crippen LogP contribution in [0.25, 0.3) is 11.1 Å². The number of ether oxygens (including phenoxy) is 2. The first-order chi connectivity index (χ1) is 13.7. The molecule has 0 amide bonds. The summed E-state index contributed by atoms with van der Waals surface area (Å²) in [5.74, 6) is -0.745. The number of hydrogen-bond donors (Lipinski definition) is 1. The Bertz CT molecular complexity index is 1040. The normalized spacial score (nSPS) is 14.0. The highest BCUT2D eigenvalue weighted by Crippen LogP contribution is 2.54. The van der Waals surface area contributed by atoms with E-state index < -0.39 is 15.5 Å². The zero-order valence-corrected chi connectivity index (χ0v) is 17.0. The van der Waals surface area contributed by atoms with Crippen LogP contribution >= 0.6 is 0 Å². The number of fused-ring (bicyclic) bond motifs is 3. The SMILES string of the molecule is COC(=O)CCC1(CCC(=O)OC)c2ccccc2-c2cc(S(=O)(=O)O)ccc21. The minimum absolute atomic E-state index is 0.130. The van der Waals surface area contributed by atoms with Crippen molar-refractivity contribution in [3.8, 4) is 11.1 Å². The van der Waals surface area contributed by atoms with Gasteiger partial charge in [-0.2, -0.15) is 8.42 Å². The Kier molecular flexibility index (Phi) is 5.77. The van der Waals surface area contributed by atoms with E-state index in [0.717, 1.165) is 16.7 Å². The second-order valence-electron chi connectivity index (χ2n) is 6.96. The highest BCUT2D eigenvalue weighted by molar-refractivity contribution is 7.85. The lowest BCUT2D eigenvalue weighted by molar-refractivity contribution is -0.141. The molecule has 3 rings (SSSR count). The van der Waals surface area contributed by atoms with E-state index in [1.54, 1.807) is 6.07 Å². The van der Waals surface area contributed by atoms with Crippen molar-refractivity contribution in [3.05, 3.63) is 53.6 Å². The summed E-state index contributed by atoms with van der Waals surface area (Å²) < 4.78 is 42.4. The third kappa shape index (κ3) is 3.90. The molecule has 0 bridgehead atoms. The highest BCUT2D eigenvalue weighted by atomic mass is 32.2. The Hall–Kier alpha value is -2.71. The molecule has 0 fully saturated rings. The van der Waals surface area contributed by atoms with Gasteiger partial charge in [0.1, 0.15) is 0 Å². The van der Waals surface area contributed by atoms with Crippen molar-refractivity contribution in [1.29, 1.82) is 0 Å².